The fourth-order valence-corrected chi connectivity index (χ4v) is 6.47. The van der Waals surface area contributed by atoms with Crippen LogP contribution >= 0.6 is 23.4 Å². The number of pyridine rings is 1. The summed E-state index contributed by atoms with van der Waals surface area (Å²) in [5.41, 5.74) is 1.49. The zero-order chi connectivity index (χ0) is 27.3. The first-order valence-corrected chi connectivity index (χ1v) is 13.9. The number of carbonyl (C=O) groups is 1. The molecule has 0 amide bonds. The molecule has 0 aliphatic carbocycles. The van der Waals surface area contributed by atoms with Gasteiger partial charge in [0.15, 0.2) is 11.6 Å². The first-order valence-electron chi connectivity index (χ1n) is 12.5. The van der Waals surface area contributed by atoms with Crippen LogP contribution in [0.4, 0.5) is 13.2 Å². The molecule has 0 radical (unpaired) electrons. The SMILES string of the molecule is COc1ccc2ncc(Cl)c(CCCC3(CC(=O)O)CCN(CCSc4cc(F)cc(F)c4F)CC3)c2c1. The third kappa shape index (κ3) is 6.93. The quantitative estimate of drug-likeness (QED) is 0.199. The van der Waals surface area contributed by atoms with Gasteiger partial charge in [0.1, 0.15) is 11.6 Å². The number of thioether (sulfide) groups is 1. The molecule has 3 aromatic rings. The highest BCUT2D eigenvalue weighted by Gasteiger charge is 2.36. The van der Waals surface area contributed by atoms with Gasteiger partial charge in [-0.25, -0.2) is 13.2 Å². The van der Waals surface area contributed by atoms with E-state index in [0.29, 0.717) is 42.9 Å². The average molecular weight is 567 g/mol. The summed E-state index contributed by atoms with van der Waals surface area (Å²) in [6, 6.07) is 7.22. The van der Waals surface area contributed by atoms with Gasteiger partial charge in [0.25, 0.3) is 0 Å². The van der Waals surface area contributed by atoms with Crippen molar-refractivity contribution in [3.63, 3.8) is 0 Å². The number of hydrogen-bond acceptors (Lipinski definition) is 5. The van der Waals surface area contributed by atoms with Crippen molar-refractivity contribution in [2.45, 2.75) is 43.4 Å². The number of halogens is 4. The van der Waals surface area contributed by atoms with Crippen molar-refractivity contribution >= 4 is 40.2 Å². The molecular weight excluding hydrogens is 537 g/mol. The molecule has 4 rings (SSSR count). The van der Waals surface area contributed by atoms with E-state index in [9.17, 15) is 23.1 Å². The van der Waals surface area contributed by atoms with Gasteiger partial charge >= 0.3 is 5.97 Å². The molecule has 1 N–H and O–H groups in total. The molecule has 38 heavy (non-hydrogen) atoms. The number of likely N-dealkylation sites (tertiary alicyclic amines) is 1. The Hall–Kier alpha value is -2.49. The molecular formula is C28H30ClF3N2O3S. The lowest BCUT2D eigenvalue weighted by Crippen LogP contribution is -2.42. The Labute approximate surface area is 229 Å². The Kier molecular flexibility index (Phi) is 9.44. The van der Waals surface area contributed by atoms with Crippen molar-refractivity contribution in [1.29, 1.82) is 0 Å². The molecule has 1 aromatic heterocycles. The van der Waals surface area contributed by atoms with Crippen molar-refractivity contribution in [2.75, 3.05) is 32.5 Å². The van der Waals surface area contributed by atoms with Crippen LogP contribution in [0.15, 0.2) is 41.4 Å². The van der Waals surface area contributed by atoms with Crippen LogP contribution in [-0.4, -0.2) is 53.5 Å². The summed E-state index contributed by atoms with van der Waals surface area (Å²) in [7, 11) is 1.61. The molecule has 2 aromatic carbocycles. The van der Waals surface area contributed by atoms with Crippen LogP contribution in [0, 0.1) is 22.9 Å². The first-order chi connectivity index (χ1) is 18.2. The third-order valence-corrected chi connectivity index (χ3v) is 8.66. The van der Waals surface area contributed by atoms with E-state index >= 15 is 0 Å². The molecule has 1 fully saturated rings. The van der Waals surface area contributed by atoms with E-state index < -0.39 is 23.4 Å². The molecule has 0 unspecified atom stereocenters. The number of aryl methyl sites for hydroxylation is 1. The van der Waals surface area contributed by atoms with Gasteiger partial charge < -0.3 is 14.7 Å². The Bertz CT molecular complexity index is 1300. The van der Waals surface area contributed by atoms with Crippen molar-refractivity contribution in [1.82, 2.24) is 9.88 Å². The molecule has 0 spiro atoms. The summed E-state index contributed by atoms with van der Waals surface area (Å²) < 4.78 is 46.2. The Morgan fingerprint density at radius 2 is 1.97 bits per heavy atom. The van der Waals surface area contributed by atoms with Gasteiger partial charge in [0, 0.05) is 34.8 Å². The number of rotatable bonds is 11. The Balaban J connectivity index is 1.35. The molecule has 1 aliphatic heterocycles. The maximum atomic E-state index is 13.9. The average Bonchev–Trinajstić information content (AvgIpc) is 2.88. The summed E-state index contributed by atoms with van der Waals surface area (Å²) in [6.45, 7) is 2.04. The number of methoxy groups -OCH3 is 1. The van der Waals surface area contributed by atoms with Crippen LogP contribution in [0.5, 0.6) is 5.75 Å². The third-order valence-electron chi connectivity index (χ3n) is 7.34. The molecule has 204 valence electrons. The van der Waals surface area contributed by atoms with Gasteiger partial charge in [0.2, 0.25) is 0 Å². The highest BCUT2D eigenvalue weighted by molar-refractivity contribution is 7.99. The minimum atomic E-state index is -1.19. The predicted molar refractivity (Wildman–Crippen MR) is 144 cm³/mol. The van der Waals surface area contributed by atoms with Gasteiger partial charge in [-0.2, -0.15) is 0 Å². The van der Waals surface area contributed by atoms with E-state index in [1.54, 1.807) is 13.3 Å². The summed E-state index contributed by atoms with van der Waals surface area (Å²) in [5, 5.41) is 11.2. The predicted octanol–water partition coefficient (Wildman–Crippen LogP) is 6.99. The van der Waals surface area contributed by atoms with Crippen molar-refractivity contribution < 1.29 is 27.8 Å². The summed E-state index contributed by atoms with van der Waals surface area (Å²) in [4.78, 5) is 18.3. The minimum absolute atomic E-state index is 0.0420. The van der Waals surface area contributed by atoms with Crippen molar-refractivity contribution in [3.05, 3.63) is 64.6 Å². The van der Waals surface area contributed by atoms with Gasteiger partial charge in [-0.15, -0.1) is 11.8 Å². The number of hydrogen-bond donors (Lipinski definition) is 1. The molecule has 0 bridgehead atoms. The number of carboxylic acids is 1. The molecule has 0 saturated carbocycles. The number of aromatic nitrogens is 1. The molecule has 5 nitrogen and oxygen atoms in total. The van der Waals surface area contributed by atoms with E-state index in [1.807, 2.05) is 18.2 Å². The normalized spacial score (nSPS) is 15.6. The first kappa shape index (κ1) is 28.5. The summed E-state index contributed by atoms with van der Waals surface area (Å²) in [6.07, 6.45) is 5.43. The summed E-state index contributed by atoms with van der Waals surface area (Å²) >= 11 is 7.59. The number of aliphatic carboxylic acids is 1. The largest absolute Gasteiger partial charge is 0.497 e. The molecule has 1 saturated heterocycles. The molecule has 1 aliphatic rings. The second kappa shape index (κ2) is 12.6. The maximum Gasteiger partial charge on any atom is 0.303 e. The van der Waals surface area contributed by atoms with Gasteiger partial charge in [-0.3, -0.25) is 9.78 Å². The van der Waals surface area contributed by atoms with E-state index in [1.165, 1.54) is 0 Å². The second-order valence-corrected chi connectivity index (χ2v) is 11.3. The van der Waals surface area contributed by atoms with E-state index in [2.05, 4.69) is 9.88 Å². The summed E-state index contributed by atoms with van der Waals surface area (Å²) in [5.74, 6) is -2.64. The van der Waals surface area contributed by atoms with E-state index in [4.69, 9.17) is 16.3 Å². The van der Waals surface area contributed by atoms with Crippen LogP contribution in [0.1, 0.15) is 37.7 Å². The minimum Gasteiger partial charge on any atom is -0.497 e. The molecule has 0 atom stereocenters. The monoisotopic (exact) mass is 566 g/mol. The zero-order valence-corrected chi connectivity index (χ0v) is 22.7. The number of benzene rings is 2. The Morgan fingerprint density at radius 3 is 2.68 bits per heavy atom. The number of nitrogens with zero attached hydrogens (tertiary/aromatic N) is 2. The van der Waals surface area contributed by atoms with E-state index in [0.717, 1.165) is 65.7 Å². The fourth-order valence-electron chi connectivity index (χ4n) is 5.23. The number of ether oxygens (including phenoxy) is 1. The zero-order valence-electron chi connectivity index (χ0n) is 21.1. The lowest BCUT2D eigenvalue weighted by molar-refractivity contribution is -0.140. The van der Waals surface area contributed by atoms with E-state index in [-0.39, 0.29) is 16.7 Å². The van der Waals surface area contributed by atoms with Crippen LogP contribution < -0.4 is 4.74 Å². The van der Waals surface area contributed by atoms with Gasteiger partial charge in [0.05, 0.1) is 24.1 Å². The molecule has 2 heterocycles. The molecule has 10 heteroatoms. The topological polar surface area (TPSA) is 62.7 Å². The van der Waals surface area contributed by atoms with Crippen LogP contribution in [0.2, 0.25) is 5.02 Å². The van der Waals surface area contributed by atoms with Crippen molar-refractivity contribution in [2.24, 2.45) is 5.41 Å². The lowest BCUT2D eigenvalue weighted by atomic mass is 9.72. The highest BCUT2D eigenvalue weighted by atomic mass is 35.5. The highest BCUT2D eigenvalue weighted by Crippen LogP contribution is 2.41. The van der Waals surface area contributed by atoms with Crippen LogP contribution in [0.25, 0.3) is 10.9 Å². The van der Waals surface area contributed by atoms with Crippen LogP contribution in [-0.2, 0) is 11.2 Å². The maximum absolute atomic E-state index is 13.9. The smallest absolute Gasteiger partial charge is 0.303 e. The van der Waals surface area contributed by atoms with Crippen molar-refractivity contribution in [3.8, 4) is 5.75 Å². The Morgan fingerprint density at radius 1 is 1.21 bits per heavy atom. The number of carboxylic acid groups (broad SMARTS) is 1. The number of piperidine rings is 1. The number of fused-ring (bicyclic) bond motifs is 1. The lowest BCUT2D eigenvalue weighted by Gasteiger charge is -2.41. The van der Waals surface area contributed by atoms with Crippen LogP contribution in [0.3, 0.4) is 0 Å². The van der Waals surface area contributed by atoms with Gasteiger partial charge in [-0.05, 0) is 80.4 Å². The second-order valence-electron chi connectivity index (χ2n) is 9.78. The standard InChI is InChI=1S/C28H30ClF3N2O3S/c1-37-19-4-5-24-21(15-19)20(22(29)17-33-24)3-2-6-28(16-26(35)36)7-9-34(10-8-28)11-12-38-25-14-18(30)13-23(31)27(25)32/h4-5,13-15,17H,2-3,6-12,16H2,1H3,(H,35,36). The fraction of sp³-hybridized carbons (Fsp3) is 0.429. The van der Waals surface area contributed by atoms with Gasteiger partial charge in [-0.1, -0.05) is 11.6 Å².